The first-order valence-corrected chi connectivity index (χ1v) is 9.51. The van der Waals surface area contributed by atoms with Gasteiger partial charge in [-0.2, -0.15) is 0 Å². The summed E-state index contributed by atoms with van der Waals surface area (Å²) in [7, 11) is 3.15. The number of methoxy groups -OCH3 is 2. The SMILES string of the molecule is COc1ccc(/C=C/C(=O)N2CCc3c(noc3-c3ccc(F)cc3)C2)cc1OC. The molecule has 2 aromatic carbocycles. The molecule has 0 saturated heterocycles. The van der Waals surface area contributed by atoms with Gasteiger partial charge in [-0.05, 0) is 54.5 Å². The maximum atomic E-state index is 13.2. The number of carbonyl (C=O) groups excluding carboxylic acids is 1. The van der Waals surface area contributed by atoms with Gasteiger partial charge in [0.05, 0.1) is 20.8 Å². The van der Waals surface area contributed by atoms with Crippen molar-refractivity contribution >= 4 is 12.0 Å². The van der Waals surface area contributed by atoms with Crippen molar-refractivity contribution in [3.05, 3.63) is 71.2 Å². The van der Waals surface area contributed by atoms with E-state index in [4.69, 9.17) is 14.0 Å². The number of halogens is 1. The fourth-order valence-electron chi connectivity index (χ4n) is 3.48. The highest BCUT2D eigenvalue weighted by Crippen LogP contribution is 2.31. The maximum Gasteiger partial charge on any atom is 0.246 e. The van der Waals surface area contributed by atoms with E-state index in [9.17, 15) is 9.18 Å². The van der Waals surface area contributed by atoms with Crippen LogP contribution < -0.4 is 9.47 Å². The lowest BCUT2D eigenvalue weighted by Gasteiger charge is -2.24. The van der Waals surface area contributed by atoms with Gasteiger partial charge in [0.2, 0.25) is 5.91 Å². The molecule has 1 aromatic heterocycles. The third-order valence-electron chi connectivity index (χ3n) is 5.09. The van der Waals surface area contributed by atoms with Gasteiger partial charge in [-0.3, -0.25) is 4.79 Å². The van der Waals surface area contributed by atoms with Crippen molar-refractivity contribution in [3.63, 3.8) is 0 Å². The Morgan fingerprint density at radius 1 is 1.13 bits per heavy atom. The molecule has 0 N–H and O–H groups in total. The molecule has 4 rings (SSSR count). The summed E-state index contributed by atoms with van der Waals surface area (Å²) in [5.41, 5.74) is 3.31. The summed E-state index contributed by atoms with van der Waals surface area (Å²) in [6, 6.07) is 11.6. The number of nitrogens with zero attached hydrogens (tertiary/aromatic N) is 2. The molecule has 154 valence electrons. The van der Waals surface area contributed by atoms with E-state index in [-0.39, 0.29) is 11.7 Å². The predicted octanol–water partition coefficient (Wildman–Crippen LogP) is 4.10. The van der Waals surface area contributed by atoms with Crippen molar-refractivity contribution in [2.75, 3.05) is 20.8 Å². The molecule has 0 fully saturated rings. The number of hydrogen-bond donors (Lipinski definition) is 0. The number of ether oxygens (including phenoxy) is 2. The molecule has 6 nitrogen and oxygen atoms in total. The highest BCUT2D eigenvalue weighted by Gasteiger charge is 2.26. The molecule has 1 aliphatic heterocycles. The zero-order chi connectivity index (χ0) is 21.1. The first-order chi connectivity index (χ1) is 14.6. The van der Waals surface area contributed by atoms with Crippen molar-refractivity contribution in [2.24, 2.45) is 0 Å². The van der Waals surface area contributed by atoms with Gasteiger partial charge in [-0.1, -0.05) is 11.2 Å². The predicted molar refractivity (Wildman–Crippen MR) is 110 cm³/mol. The van der Waals surface area contributed by atoms with Crippen molar-refractivity contribution in [1.29, 1.82) is 0 Å². The van der Waals surface area contributed by atoms with Crippen LogP contribution >= 0.6 is 0 Å². The van der Waals surface area contributed by atoms with Crippen LogP contribution in [-0.4, -0.2) is 36.7 Å². The summed E-state index contributed by atoms with van der Waals surface area (Å²) < 4.78 is 29.2. The number of hydrogen-bond acceptors (Lipinski definition) is 5. The van der Waals surface area contributed by atoms with Crippen molar-refractivity contribution in [1.82, 2.24) is 10.1 Å². The minimum Gasteiger partial charge on any atom is -0.493 e. The summed E-state index contributed by atoms with van der Waals surface area (Å²) in [5.74, 6) is 1.46. The zero-order valence-corrected chi connectivity index (χ0v) is 16.7. The topological polar surface area (TPSA) is 64.8 Å². The second-order valence-corrected chi connectivity index (χ2v) is 6.90. The summed E-state index contributed by atoms with van der Waals surface area (Å²) in [5, 5.41) is 4.13. The van der Waals surface area contributed by atoms with Crippen LogP contribution in [0.1, 0.15) is 16.8 Å². The molecule has 1 aliphatic rings. The van der Waals surface area contributed by atoms with Gasteiger partial charge in [0.1, 0.15) is 11.5 Å². The van der Waals surface area contributed by atoms with Crippen LogP contribution in [0.3, 0.4) is 0 Å². The average Bonchev–Trinajstić information content (AvgIpc) is 3.21. The molecule has 0 spiro atoms. The molecule has 3 aromatic rings. The molecule has 1 amide bonds. The zero-order valence-electron chi connectivity index (χ0n) is 16.7. The summed E-state index contributed by atoms with van der Waals surface area (Å²) in [6.07, 6.45) is 3.90. The van der Waals surface area contributed by atoms with E-state index in [1.54, 1.807) is 43.4 Å². The highest BCUT2D eigenvalue weighted by molar-refractivity contribution is 5.92. The molecular formula is C23H21FN2O4. The van der Waals surface area contributed by atoms with E-state index in [0.717, 1.165) is 22.4 Å². The Hall–Kier alpha value is -3.61. The Labute approximate surface area is 173 Å². The van der Waals surface area contributed by atoms with E-state index in [1.807, 2.05) is 12.1 Å². The molecule has 0 saturated carbocycles. The van der Waals surface area contributed by atoms with Crippen molar-refractivity contribution in [3.8, 4) is 22.8 Å². The molecule has 2 heterocycles. The Morgan fingerprint density at radius 2 is 1.90 bits per heavy atom. The Morgan fingerprint density at radius 3 is 2.63 bits per heavy atom. The molecule has 0 radical (unpaired) electrons. The van der Waals surface area contributed by atoms with Gasteiger partial charge in [0.25, 0.3) is 0 Å². The Bertz CT molecular complexity index is 1090. The van der Waals surface area contributed by atoms with Gasteiger partial charge in [0.15, 0.2) is 17.3 Å². The van der Waals surface area contributed by atoms with Crippen LogP contribution in [-0.2, 0) is 17.8 Å². The van der Waals surface area contributed by atoms with Crippen LogP contribution in [0.15, 0.2) is 53.1 Å². The van der Waals surface area contributed by atoms with Gasteiger partial charge in [-0.25, -0.2) is 4.39 Å². The number of rotatable bonds is 5. The normalized spacial score (nSPS) is 13.4. The summed E-state index contributed by atoms with van der Waals surface area (Å²) >= 11 is 0. The second-order valence-electron chi connectivity index (χ2n) is 6.90. The fourth-order valence-corrected chi connectivity index (χ4v) is 3.48. The van der Waals surface area contributed by atoms with Crippen LogP contribution in [0.25, 0.3) is 17.4 Å². The van der Waals surface area contributed by atoms with E-state index < -0.39 is 0 Å². The van der Waals surface area contributed by atoms with Crippen molar-refractivity contribution in [2.45, 2.75) is 13.0 Å². The number of fused-ring (bicyclic) bond motifs is 1. The minimum atomic E-state index is -0.301. The standard InChI is InChI=1S/C23H21FN2O4/c1-28-20-9-3-15(13-21(20)29-2)4-10-22(27)26-12-11-18-19(14-26)25-30-23(18)16-5-7-17(24)8-6-16/h3-10,13H,11-12,14H2,1-2H3/b10-4+. The van der Waals surface area contributed by atoms with Gasteiger partial charge >= 0.3 is 0 Å². The highest BCUT2D eigenvalue weighted by atomic mass is 19.1. The average molecular weight is 408 g/mol. The molecule has 30 heavy (non-hydrogen) atoms. The Balaban J connectivity index is 1.46. The van der Waals surface area contributed by atoms with Crippen LogP contribution in [0.5, 0.6) is 11.5 Å². The maximum absolute atomic E-state index is 13.2. The summed E-state index contributed by atoms with van der Waals surface area (Å²) in [4.78, 5) is 14.4. The number of carbonyl (C=O) groups is 1. The van der Waals surface area contributed by atoms with E-state index in [1.165, 1.54) is 18.2 Å². The molecule has 0 unspecified atom stereocenters. The van der Waals surface area contributed by atoms with Crippen LogP contribution in [0.4, 0.5) is 4.39 Å². The van der Waals surface area contributed by atoms with Crippen LogP contribution in [0, 0.1) is 5.82 Å². The van der Waals surface area contributed by atoms with E-state index >= 15 is 0 Å². The van der Waals surface area contributed by atoms with Gasteiger partial charge < -0.3 is 18.9 Å². The number of aromatic nitrogens is 1. The fraction of sp³-hybridized carbons (Fsp3) is 0.217. The lowest BCUT2D eigenvalue weighted by molar-refractivity contribution is -0.126. The lowest BCUT2D eigenvalue weighted by atomic mass is 10.0. The lowest BCUT2D eigenvalue weighted by Crippen LogP contribution is -2.34. The molecule has 0 atom stereocenters. The molecule has 7 heteroatoms. The Kier molecular flexibility index (Phi) is 5.52. The van der Waals surface area contributed by atoms with E-state index in [0.29, 0.717) is 36.8 Å². The molecule has 0 aliphatic carbocycles. The number of benzene rings is 2. The van der Waals surface area contributed by atoms with Gasteiger partial charge in [0, 0.05) is 23.7 Å². The second kappa shape index (κ2) is 8.41. The van der Waals surface area contributed by atoms with Crippen LogP contribution in [0.2, 0.25) is 0 Å². The van der Waals surface area contributed by atoms with Gasteiger partial charge in [-0.15, -0.1) is 0 Å². The molecular weight excluding hydrogens is 387 g/mol. The van der Waals surface area contributed by atoms with Crippen molar-refractivity contribution < 1.29 is 23.2 Å². The monoisotopic (exact) mass is 408 g/mol. The quantitative estimate of drug-likeness (QED) is 0.595. The largest absolute Gasteiger partial charge is 0.493 e. The number of amides is 1. The molecule has 0 bridgehead atoms. The van der Waals surface area contributed by atoms with E-state index in [2.05, 4.69) is 5.16 Å². The first-order valence-electron chi connectivity index (χ1n) is 9.51. The first kappa shape index (κ1) is 19.7. The minimum absolute atomic E-state index is 0.109. The third-order valence-corrected chi connectivity index (χ3v) is 5.09. The summed E-state index contributed by atoms with van der Waals surface area (Å²) in [6.45, 7) is 0.923. The third kappa shape index (κ3) is 3.91. The smallest absolute Gasteiger partial charge is 0.246 e.